The molecule has 6 rings (SSSR count). The van der Waals surface area contributed by atoms with E-state index in [1.54, 1.807) is 29.0 Å². The van der Waals surface area contributed by atoms with Gasteiger partial charge in [-0.15, -0.1) is 0 Å². The predicted octanol–water partition coefficient (Wildman–Crippen LogP) is 4.76. The summed E-state index contributed by atoms with van der Waals surface area (Å²) >= 11 is 0. The SMILES string of the molecule is COc1ccc2c(c1OC)C(=O)N1c3ccccc3C(=O)N(CCCCCC(=O)NC[C@@H]3CCCN4CCCC[C@H]34)[C@H]21. The molecule has 0 aromatic heterocycles. The minimum Gasteiger partial charge on any atom is -0.493 e. The van der Waals surface area contributed by atoms with Crippen molar-refractivity contribution >= 4 is 23.4 Å². The number of methoxy groups -OCH3 is 2. The number of rotatable bonds is 10. The zero-order valence-electron chi connectivity index (χ0n) is 24.8. The van der Waals surface area contributed by atoms with E-state index in [1.807, 2.05) is 24.3 Å². The van der Waals surface area contributed by atoms with Crippen molar-refractivity contribution in [3.63, 3.8) is 0 Å². The van der Waals surface area contributed by atoms with Gasteiger partial charge in [-0.3, -0.25) is 19.3 Å². The van der Waals surface area contributed by atoms with E-state index < -0.39 is 6.17 Å². The normalized spacial score (nSPS) is 23.1. The van der Waals surface area contributed by atoms with Crippen LogP contribution in [0.2, 0.25) is 0 Å². The molecule has 0 spiro atoms. The van der Waals surface area contributed by atoms with Crippen molar-refractivity contribution in [3.8, 4) is 11.5 Å². The van der Waals surface area contributed by atoms with Gasteiger partial charge in [0.2, 0.25) is 5.91 Å². The van der Waals surface area contributed by atoms with Crippen LogP contribution in [0.3, 0.4) is 0 Å². The van der Waals surface area contributed by atoms with Gasteiger partial charge in [-0.05, 0) is 75.7 Å². The lowest BCUT2D eigenvalue weighted by molar-refractivity contribution is -0.121. The van der Waals surface area contributed by atoms with E-state index >= 15 is 0 Å². The Morgan fingerprint density at radius 1 is 0.929 bits per heavy atom. The highest BCUT2D eigenvalue weighted by Gasteiger charge is 2.49. The number of hydrogen-bond donors (Lipinski definition) is 1. The number of para-hydroxylation sites is 1. The molecular weight excluding hydrogens is 532 g/mol. The Morgan fingerprint density at radius 2 is 1.76 bits per heavy atom. The van der Waals surface area contributed by atoms with E-state index in [9.17, 15) is 14.4 Å². The number of amides is 3. The largest absolute Gasteiger partial charge is 0.493 e. The maximum atomic E-state index is 13.8. The van der Waals surface area contributed by atoms with Crippen LogP contribution in [0.4, 0.5) is 5.69 Å². The fraction of sp³-hybridized carbons (Fsp3) is 0.545. The number of carbonyl (C=O) groups excluding carboxylic acids is 3. The molecule has 3 amide bonds. The fourth-order valence-corrected chi connectivity index (χ4v) is 7.54. The fourth-order valence-electron chi connectivity index (χ4n) is 7.54. The maximum Gasteiger partial charge on any atom is 0.264 e. The summed E-state index contributed by atoms with van der Waals surface area (Å²) in [6, 6.07) is 11.5. The lowest BCUT2D eigenvalue weighted by Gasteiger charge is -2.44. The Bertz CT molecular complexity index is 1340. The minimum atomic E-state index is -0.548. The van der Waals surface area contributed by atoms with Gasteiger partial charge in [-0.2, -0.15) is 0 Å². The molecule has 4 heterocycles. The van der Waals surface area contributed by atoms with E-state index in [0.717, 1.165) is 31.4 Å². The number of carbonyl (C=O) groups is 3. The zero-order valence-corrected chi connectivity index (χ0v) is 24.8. The van der Waals surface area contributed by atoms with Gasteiger partial charge in [-0.25, -0.2) is 0 Å². The number of hydrogen-bond acceptors (Lipinski definition) is 6. The van der Waals surface area contributed by atoms with Gasteiger partial charge in [-0.1, -0.05) is 31.0 Å². The maximum absolute atomic E-state index is 13.8. The monoisotopic (exact) mass is 574 g/mol. The summed E-state index contributed by atoms with van der Waals surface area (Å²) in [4.78, 5) is 46.3. The molecule has 9 nitrogen and oxygen atoms in total. The minimum absolute atomic E-state index is 0.0933. The molecule has 0 radical (unpaired) electrons. The third-order valence-electron chi connectivity index (χ3n) is 9.58. The molecule has 224 valence electrons. The first-order chi connectivity index (χ1) is 20.5. The topological polar surface area (TPSA) is 91.4 Å². The van der Waals surface area contributed by atoms with Crippen LogP contribution in [0.1, 0.15) is 90.2 Å². The molecule has 1 N–H and O–H groups in total. The number of benzene rings is 2. The van der Waals surface area contributed by atoms with Gasteiger partial charge in [0.25, 0.3) is 11.8 Å². The molecule has 2 aromatic rings. The average molecular weight is 575 g/mol. The number of nitrogens with zero attached hydrogens (tertiary/aromatic N) is 3. The lowest BCUT2D eigenvalue weighted by Crippen LogP contribution is -2.50. The van der Waals surface area contributed by atoms with Gasteiger partial charge in [0.05, 0.1) is 31.0 Å². The number of ether oxygens (including phenoxy) is 2. The van der Waals surface area contributed by atoms with E-state index in [2.05, 4.69) is 10.2 Å². The summed E-state index contributed by atoms with van der Waals surface area (Å²) in [5.41, 5.74) is 2.29. The quantitative estimate of drug-likeness (QED) is 0.412. The molecule has 2 fully saturated rings. The van der Waals surface area contributed by atoms with Crippen molar-refractivity contribution in [1.82, 2.24) is 15.1 Å². The third-order valence-corrected chi connectivity index (χ3v) is 9.58. The zero-order chi connectivity index (χ0) is 29.2. The van der Waals surface area contributed by atoms with Crippen LogP contribution in [0.5, 0.6) is 11.5 Å². The van der Waals surface area contributed by atoms with Crippen LogP contribution in [0.15, 0.2) is 36.4 Å². The molecule has 0 saturated carbocycles. The number of nitrogens with one attached hydrogen (secondary N) is 1. The lowest BCUT2D eigenvalue weighted by atomic mass is 9.83. The Kier molecular flexibility index (Phi) is 8.38. The molecule has 2 saturated heterocycles. The number of piperidine rings is 2. The summed E-state index contributed by atoms with van der Waals surface area (Å²) in [5.74, 6) is 1.25. The first-order valence-corrected chi connectivity index (χ1v) is 15.5. The number of fused-ring (bicyclic) bond motifs is 6. The second-order valence-electron chi connectivity index (χ2n) is 11.9. The Morgan fingerprint density at radius 3 is 2.60 bits per heavy atom. The van der Waals surface area contributed by atoms with E-state index in [1.165, 1.54) is 52.3 Å². The van der Waals surface area contributed by atoms with Crippen molar-refractivity contribution in [1.29, 1.82) is 0 Å². The smallest absolute Gasteiger partial charge is 0.264 e. The summed E-state index contributed by atoms with van der Waals surface area (Å²) in [6.45, 7) is 3.68. The Hall–Kier alpha value is -3.59. The predicted molar refractivity (Wildman–Crippen MR) is 160 cm³/mol. The highest BCUT2D eigenvalue weighted by molar-refractivity contribution is 6.18. The van der Waals surface area contributed by atoms with Crippen LogP contribution in [0.25, 0.3) is 0 Å². The number of unbranched alkanes of at least 4 members (excludes halogenated alkanes) is 2. The van der Waals surface area contributed by atoms with Crippen molar-refractivity contribution in [2.75, 3.05) is 45.3 Å². The molecular formula is C33H42N4O5. The van der Waals surface area contributed by atoms with Crippen molar-refractivity contribution in [2.45, 2.75) is 70.0 Å². The second kappa shape index (κ2) is 12.3. The van der Waals surface area contributed by atoms with Crippen molar-refractivity contribution in [3.05, 3.63) is 53.1 Å². The molecule has 2 aromatic carbocycles. The first kappa shape index (κ1) is 28.5. The molecule has 3 atom stereocenters. The van der Waals surface area contributed by atoms with E-state index in [-0.39, 0.29) is 17.7 Å². The summed E-state index contributed by atoms with van der Waals surface area (Å²) in [6.07, 6.45) is 8.56. The molecule has 0 unspecified atom stereocenters. The van der Waals surface area contributed by atoms with Gasteiger partial charge >= 0.3 is 0 Å². The highest BCUT2D eigenvalue weighted by Crippen LogP contribution is 2.49. The summed E-state index contributed by atoms with van der Waals surface area (Å²) < 4.78 is 11.1. The molecule has 0 bridgehead atoms. The van der Waals surface area contributed by atoms with Crippen molar-refractivity contribution < 1.29 is 23.9 Å². The van der Waals surface area contributed by atoms with Crippen LogP contribution >= 0.6 is 0 Å². The summed E-state index contributed by atoms with van der Waals surface area (Å²) in [5, 5.41) is 3.21. The molecule has 42 heavy (non-hydrogen) atoms. The Labute approximate surface area is 248 Å². The van der Waals surface area contributed by atoms with Crippen molar-refractivity contribution in [2.24, 2.45) is 5.92 Å². The second-order valence-corrected chi connectivity index (χ2v) is 11.9. The molecule has 9 heteroatoms. The van der Waals surface area contributed by atoms with Gasteiger partial charge in [0, 0.05) is 31.1 Å². The van der Waals surface area contributed by atoms with E-state index in [0.29, 0.717) is 53.2 Å². The summed E-state index contributed by atoms with van der Waals surface area (Å²) in [7, 11) is 3.07. The van der Waals surface area contributed by atoms with Crippen LogP contribution < -0.4 is 19.7 Å². The standard InChI is InChI=1S/C33H42N4O5/c1-41-27-17-16-24-29(30(27)42-2)33(40)37-26-14-6-5-12-23(26)32(39)36(31(24)37)20-8-3-4-15-28(38)34-21-22-11-10-19-35-18-9-7-13-25(22)35/h5-6,12,14,16-17,22,25,31H,3-4,7-11,13,15,18-21H2,1-2H3,(H,34,38)/t22-,25+,31-/m0/s1. The average Bonchev–Trinajstić information content (AvgIpc) is 3.32. The molecule has 4 aliphatic heterocycles. The van der Waals surface area contributed by atoms with E-state index in [4.69, 9.17) is 9.47 Å². The first-order valence-electron chi connectivity index (χ1n) is 15.5. The highest BCUT2D eigenvalue weighted by atomic mass is 16.5. The van der Waals surface area contributed by atoms with Crippen LogP contribution in [-0.4, -0.2) is 74.0 Å². The van der Waals surface area contributed by atoms with Crippen LogP contribution in [-0.2, 0) is 4.79 Å². The van der Waals surface area contributed by atoms with Gasteiger partial charge in [0.1, 0.15) is 6.17 Å². The number of anilines is 1. The molecule has 4 aliphatic rings. The van der Waals surface area contributed by atoms with Gasteiger partial charge in [0.15, 0.2) is 11.5 Å². The van der Waals surface area contributed by atoms with Crippen LogP contribution in [0, 0.1) is 5.92 Å². The Balaban J connectivity index is 1.08. The third kappa shape index (κ3) is 5.12. The molecule has 0 aliphatic carbocycles. The van der Waals surface area contributed by atoms with Gasteiger partial charge < -0.3 is 24.6 Å².